The van der Waals surface area contributed by atoms with Crippen LogP contribution in [0.2, 0.25) is 0 Å². The van der Waals surface area contributed by atoms with Crippen molar-refractivity contribution in [2.24, 2.45) is 0 Å². The first-order chi connectivity index (χ1) is 11.6. The van der Waals surface area contributed by atoms with Gasteiger partial charge in [0.15, 0.2) is 0 Å². The minimum Gasteiger partial charge on any atom is -0.396 e. The number of carbonyl (C=O) groups is 1. The van der Waals surface area contributed by atoms with Crippen LogP contribution < -0.4 is 5.32 Å². The van der Waals surface area contributed by atoms with Crippen LogP contribution in [0.3, 0.4) is 0 Å². The van der Waals surface area contributed by atoms with Gasteiger partial charge < -0.3 is 15.2 Å². The quantitative estimate of drug-likeness (QED) is 0.846. The first kappa shape index (κ1) is 17.1. The van der Waals surface area contributed by atoms with E-state index in [1.807, 2.05) is 19.1 Å². The second-order valence-electron chi connectivity index (χ2n) is 6.54. The molecule has 0 radical (unpaired) electrons. The molecule has 1 aromatic heterocycles. The van der Waals surface area contributed by atoms with E-state index in [0.29, 0.717) is 13.0 Å². The molecule has 0 spiro atoms. The largest absolute Gasteiger partial charge is 0.396 e. The van der Waals surface area contributed by atoms with Crippen LogP contribution in [-0.4, -0.2) is 36.9 Å². The molecule has 24 heavy (non-hydrogen) atoms. The van der Waals surface area contributed by atoms with Crippen LogP contribution in [0.4, 0.5) is 0 Å². The summed E-state index contributed by atoms with van der Waals surface area (Å²) in [7, 11) is 1.60. The maximum atomic E-state index is 12.7. The molecule has 0 bridgehead atoms. The average Bonchev–Trinajstić information content (AvgIpc) is 3.00. The Labute approximate surface area is 146 Å². The van der Waals surface area contributed by atoms with Gasteiger partial charge in [-0.25, -0.2) is 0 Å². The molecule has 1 amide bonds. The van der Waals surface area contributed by atoms with Crippen molar-refractivity contribution in [1.82, 2.24) is 5.32 Å². The molecule has 1 aromatic carbocycles. The molecule has 0 aliphatic heterocycles. The van der Waals surface area contributed by atoms with E-state index < -0.39 is 5.54 Å². The minimum absolute atomic E-state index is 0.00839. The van der Waals surface area contributed by atoms with Crippen LogP contribution in [-0.2, 0) is 17.6 Å². The molecule has 0 fully saturated rings. The highest BCUT2D eigenvalue weighted by molar-refractivity contribution is 7.17. The molecule has 1 atom stereocenters. The van der Waals surface area contributed by atoms with E-state index in [1.165, 1.54) is 21.6 Å². The van der Waals surface area contributed by atoms with Gasteiger partial charge in [-0.05, 0) is 48.9 Å². The fourth-order valence-corrected chi connectivity index (χ4v) is 4.42. The number of aliphatic hydroxyl groups excluding tert-OH is 1. The monoisotopic (exact) mass is 345 g/mol. The Hall–Kier alpha value is -1.69. The molecule has 128 valence electrons. The molecule has 1 unspecified atom stereocenters. The third kappa shape index (κ3) is 3.38. The number of ether oxygens (including phenoxy) is 1. The summed E-state index contributed by atoms with van der Waals surface area (Å²) in [4.78, 5) is 14.6. The van der Waals surface area contributed by atoms with Crippen molar-refractivity contribution in [2.45, 2.75) is 31.7 Å². The van der Waals surface area contributed by atoms with Crippen molar-refractivity contribution in [1.29, 1.82) is 0 Å². The van der Waals surface area contributed by atoms with Crippen molar-refractivity contribution < 1.29 is 14.6 Å². The molecule has 0 saturated heterocycles. The van der Waals surface area contributed by atoms with E-state index in [9.17, 15) is 9.90 Å². The molecule has 1 heterocycles. The Morgan fingerprint density at radius 1 is 1.33 bits per heavy atom. The molecule has 2 N–H and O–H groups in total. The van der Waals surface area contributed by atoms with Crippen molar-refractivity contribution in [3.63, 3.8) is 0 Å². The molecule has 0 saturated carbocycles. The first-order valence-corrected chi connectivity index (χ1v) is 9.01. The van der Waals surface area contributed by atoms with Crippen LogP contribution in [0.1, 0.15) is 34.1 Å². The van der Waals surface area contributed by atoms with E-state index in [2.05, 4.69) is 23.5 Å². The molecular weight excluding hydrogens is 322 g/mol. The lowest BCUT2D eigenvalue weighted by Crippen LogP contribution is -2.49. The predicted octanol–water partition coefficient (Wildman–Crippen LogP) is 3.03. The lowest BCUT2D eigenvalue weighted by atomic mass is 9.91. The number of amides is 1. The second kappa shape index (κ2) is 7.05. The highest BCUT2D eigenvalue weighted by Crippen LogP contribution is 2.39. The smallest absolute Gasteiger partial charge is 0.261 e. The van der Waals surface area contributed by atoms with Gasteiger partial charge in [-0.1, -0.05) is 24.3 Å². The standard InChI is InChI=1S/C19H23NO3S/c1-19(9-10-21,12-23-2)20-18(22)16-11-14-8-7-13-5-3-4-6-15(13)17(14)24-16/h3-6,11,21H,7-10,12H2,1-2H3,(H,20,22). The Balaban J connectivity index is 1.84. The van der Waals surface area contributed by atoms with Crippen molar-refractivity contribution in [2.75, 3.05) is 20.3 Å². The maximum Gasteiger partial charge on any atom is 0.261 e. The number of fused-ring (bicyclic) bond motifs is 3. The number of rotatable bonds is 6. The zero-order valence-corrected chi connectivity index (χ0v) is 14.9. The van der Waals surface area contributed by atoms with Crippen molar-refractivity contribution >= 4 is 17.2 Å². The Bertz CT molecular complexity index is 732. The Morgan fingerprint density at radius 3 is 2.83 bits per heavy atom. The SMILES string of the molecule is COCC(C)(CCO)NC(=O)c1cc2c(s1)-c1ccccc1CC2. The number of hydrogen-bond acceptors (Lipinski definition) is 4. The highest BCUT2D eigenvalue weighted by Gasteiger charge is 2.28. The number of benzene rings is 1. The Morgan fingerprint density at radius 2 is 2.08 bits per heavy atom. The number of aliphatic hydroxyl groups is 1. The van der Waals surface area contributed by atoms with E-state index in [4.69, 9.17) is 4.74 Å². The third-order valence-corrected chi connectivity index (χ3v) is 5.71. The Kier molecular flexibility index (Phi) is 5.04. The van der Waals surface area contributed by atoms with Gasteiger partial charge in [0.1, 0.15) is 0 Å². The zero-order valence-electron chi connectivity index (χ0n) is 14.1. The summed E-state index contributed by atoms with van der Waals surface area (Å²) in [5.74, 6) is -0.0973. The number of carbonyl (C=O) groups excluding carboxylic acids is 1. The molecule has 4 nitrogen and oxygen atoms in total. The van der Waals surface area contributed by atoms with Crippen LogP contribution in [0.15, 0.2) is 30.3 Å². The zero-order chi connectivity index (χ0) is 17.2. The molecule has 5 heteroatoms. The summed E-state index contributed by atoms with van der Waals surface area (Å²) in [5.41, 5.74) is 3.28. The van der Waals surface area contributed by atoms with E-state index >= 15 is 0 Å². The summed E-state index contributed by atoms with van der Waals surface area (Å²) in [6, 6.07) is 10.4. The number of nitrogens with one attached hydrogen (secondary N) is 1. The number of aryl methyl sites for hydroxylation is 2. The number of methoxy groups -OCH3 is 1. The lowest BCUT2D eigenvalue weighted by molar-refractivity contribution is 0.0729. The third-order valence-electron chi connectivity index (χ3n) is 4.50. The van der Waals surface area contributed by atoms with E-state index in [-0.39, 0.29) is 12.5 Å². The van der Waals surface area contributed by atoms with Gasteiger partial charge in [0.25, 0.3) is 5.91 Å². The van der Waals surface area contributed by atoms with Gasteiger partial charge in [-0.15, -0.1) is 11.3 Å². The molecule has 1 aliphatic rings. The lowest BCUT2D eigenvalue weighted by Gasteiger charge is -2.29. The fraction of sp³-hybridized carbons (Fsp3) is 0.421. The topological polar surface area (TPSA) is 58.6 Å². The van der Waals surface area contributed by atoms with E-state index in [1.54, 1.807) is 18.4 Å². The summed E-state index contributed by atoms with van der Waals surface area (Å²) in [5, 5.41) is 12.3. The van der Waals surface area contributed by atoms with Gasteiger partial charge in [0.05, 0.1) is 17.0 Å². The summed E-state index contributed by atoms with van der Waals surface area (Å²) >= 11 is 1.55. The van der Waals surface area contributed by atoms with Gasteiger partial charge in [-0.2, -0.15) is 0 Å². The number of hydrogen-bond donors (Lipinski definition) is 2. The van der Waals surface area contributed by atoms with Gasteiger partial charge >= 0.3 is 0 Å². The molecular formula is C19H23NO3S. The number of thiophene rings is 1. The van der Waals surface area contributed by atoms with Crippen LogP contribution in [0.5, 0.6) is 0 Å². The molecule has 1 aliphatic carbocycles. The van der Waals surface area contributed by atoms with Crippen LogP contribution in [0, 0.1) is 0 Å². The van der Waals surface area contributed by atoms with Crippen molar-refractivity contribution in [3.05, 3.63) is 46.3 Å². The summed E-state index contributed by atoms with van der Waals surface area (Å²) in [6.07, 6.45) is 2.45. The normalized spacial score (nSPS) is 15.3. The van der Waals surface area contributed by atoms with Gasteiger partial charge in [-0.3, -0.25) is 4.79 Å². The van der Waals surface area contributed by atoms with Crippen LogP contribution in [0.25, 0.3) is 10.4 Å². The molecule has 3 rings (SSSR count). The minimum atomic E-state index is -0.566. The fourth-order valence-electron chi connectivity index (χ4n) is 3.26. The van der Waals surface area contributed by atoms with Gasteiger partial charge in [0, 0.05) is 18.6 Å². The van der Waals surface area contributed by atoms with Crippen molar-refractivity contribution in [3.8, 4) is 10.4 Å². The highest BCUT2D eigenvalue weighted by atomic mass is 32.1. The van der Waals surface area contributed by atoms with E-state index in [0.717, 1.165) is 17.7 Å². The summed E-state index contributed by atoms with van der Waals surface area (Å²) in [6.45, 7) is 2.27. The summed E-state index contributed by atoms with van der Waals surface area (Å²) < 4.78 is 5.20. The first-order valence-electron chi connectivity index (χ1n) is 8.19. The maximum absolute atomic E-state index is 12.7. The predicted molar refractivity (Wildman–Crippen MR) is 96.6 cm³/mol. The van der Waals surface area contributed by atoms with Crippen LogP contribution >= 0.6 is 11.3 Å². The second-order valence-corrected chi connectivity index (χ2v) is 7.60. The molecule has 2 aromatic rings. The van der Waals surface area contributed by atoms with Gasteiger partial charge in [0.2, 0.25) is 0 Å². The average molecular weight is 345 g/mol.